The van der Waals surface area contributed by atoms with Crippen LogP contribution in [0.5, 0.6) is 11.6 Å². The van der Waals surface area contributed by atoms with Gasteiger partial charge < -0.3 is 28.6 Å². The van der Waals surface area contributed by atoms with Gasteiger partial charge in [-0.15, -0.1) is 9.46 Å². The summed E-state index contributed by atoms with van der Waals surface area (Å²) in [4.78, 5) is 35.6. The van der Waals surface area contributed by atoms with Crippen molar-refractivity contribution in [2.24, 2.45) is 29.2 Å². The predicted octanol–water partition coefficient (Wildman–Crippen LogP) is 5.41. The average molecular weight is 909 g/mol. The number of rotatable bonds is 8. The molecule has 5 aliphatic rings. The van der Waals surface area contributed by atoms with Crippen LogP contribution in [-0.4, -0.2) is 140 Å². The van der Waals surface area contributed by atoms with E-state index in [1.165, 1.54) is 23.6 Å². The zero-order valence-electron chi connectivity index (χ0n) is 36.9. The van der Waals surface area contributed by atoms with Gasteiger partial charge in [0.15, 0.2) is 0 Å². The van der Waals surface area contributed by atoms with Crippen molar-refractivity contribution >= 4 is 39.0 Å². The number of ether oxygens (including phenoxy) is 5. The van der Waals surface area contributed by atoms with Crippen LogP contribution in [0.4, 0.5) is 5.69 Å². The molecule has 2 amide bonds. The fourth-order valence-electron chi connectivity index (χ4n) is 9.66. The quantitative estimate of drug-likeness (QED) is 0.289. The molecule has 1 aromatic heterocycles. The van der Waals surface area contributed by atoms with Crippen molar-refractivity contribution in [1.82, 2.24) is 24.3 Å². The highest BCUT2D eigenvalue weighted by Crippen LogP contribution is 2.42. The van der Waals surface area contributed by atoms with Gasteiger partial charge in [-0.25, -0.2) is 4.21 Å². The van der Waals surface area contributed by atoms with Gasteiger partial charge >= 0.3 is 0 Å². The second kappa shape index (κ2) is 20.4. The van der Waals surface area contributed by atoms with Gasteiger partial charge in [0, 0.05) is 88.7 Å². The van der Waals surface area contributed by atoms with E-state index < -0.39 is 33.8 Å². The molecule has 0 unspecified atom stereocenters. The van der Waals surface area contributed by atoms with E-state index in [-0.39, 0.29) is 40.7 Å². The van der Waals surface area contributed by atoms with Gasteiger partial charge in [0.05, 0.1) is 57.2 Å². The van der Waals surface area contributed by atoms with Crippen molar-refractivity contribution in [2.75, 3.05) is 90.6 Å². The Hall–Kier alpha value is -4.03. The number of halogens is 1. The zero-order chi connectivity index (χ0) is 44.1. The lowest BCUT2D eigenvalue weighted by Crippen LogP contribution is -2.58. The molecule has 63 heavy (non-hydrogen) atoms. The summed E-state index contributed by atoms with van der Waals surface area (Å²) in [6.07, 6.45) is 9.49. The van der Waals surface area contributed by atoms with Crippen LogP contribution in [0.2, 0.25) is 5.02 Å². The number of hydrogen-bond donors (Lipinski definition) is 1. The van der Waals surface area contributed by atoms with Gasteiger partial charge in [-0.1, -0.05) is 36.7 Å². The number of carbonyl (C=O) groups is 2. The van der Waals surface area contributed by atoms with E-state index in [0.717, 1.165) is 82.7 Å². The van der Waals surface area contributed by atoms with Crippen LogP contribution in [0, 0.1) is 17.8 Å². The Morgan fingerprint density at radius 2 is 1.87 bits per heavy atom. The Kier molecular flexibility index (Phi) is 14.8. The van der Waals surface area contributed by atoms with E-state index >= 15 is 4.21 Å². The lowest BCUT2D eigenvalue weighted by atomic mass is 9.70. The monoisotopic (exact) mass is 907 g/mol. The average Bonchev–Trinajstić information content (AvgIpc) is 3.64. The smallest absolute Gasteiger partial charge is 0.286 e. The van der Waals surface area contributed by atoms with Crippen molar-refractivity contribution in [2.45, 2.75) is 63.8 Å². The maximum atomic E-state index is 15.3. The molecule has 1 N–H and O–H groups in total. The third kappa shape index (κ3) is 10.9. The molecule has 1 saturated carbocycles. The second-order valence-corrected chi connectivity index (χ2v) is 20.0. The number of nitrogens with zero attached hydrogens (tertiary/aromatic N) is 6. The minimum Gasteiger partial charge on any atom is -0.491 e. The lowest BCUT2D eigenvalue weighted by molar-refractivity contribution is -0.0513. The Bertz CT molecular complexity index is 2260. The number of methoxy groups -OCH3 is 2. The van der Waals surface area contributed by atoms with Crippen molar-refractivity contribution in [3.05, 3.63) is 82.0 Å². The van der Waals surface area contributed by atoms with Crippen molar-refractivity contribution in [1.29, 1.82) is 0 Å². The molecule has 1 aliphatic carbocycles. The lowest BCUT2D eigenvalue weighted by Gasteiger charge is -2.44. The highest BCUT2D eigenvalue weighted by molar-refractivity contribution is 7.92. The minimum absolute atomic E-state index is 0.0587. The number of fused-ring (bicyclic) bond motifs is 4. The van der Waals surface area contributed by atoms with Gasteiger partial charge in [-0.05, 0) is 85.4 Å². The number of benzene rings is 2. The van der Waals surface area contributed by atoms with Crippen LogP contribution in [0.25, 0.3) is 0 Å². The Morgan fingerprint density at radius 1 is 1.02 bits per heavy atom. The first-order valence-electron chi connectivity index (χ1n) is 22.3. The van der Waals surface area contributed by atoms with Crippen LogP contribution in [0.15, 0.2) is 59.1 Å². The summed E-state index contributed by atoms with van der Waals surface area (Å²) in [6, 6.07) is 11.7. The van der Waals surface area contributed by atoms with Crippen molar-refractivity contribution < 1.29 is 37.5 Å². The second-order valence-electron chi connectivity index (χ2n) is 17.6. The molecular weight excluding hydrogens is 846 g/mol. The Labute approximate surface area is 376 Å². The number of aromatic nitrogens is 2. The molecule has 2 saturated heterocycles. The number of carbonyl (C=O) groups excluding carboxylic acids is 2. The number of piperazine rings is 1. The van der Waals surface area contributed by atoms with Crippen LogP contribution < -0.4 is 19.1 Å². The first-order chi connectivity index (χ1) is 30.5. The summed E-state index contributed by atoms with van der Waals surface area (Å²) in [5.74, 6) is -0.870. The number of aryl methyl sites for hydroxylation is 2. The molecule has 342 valence electrons. The highest BCUT2D eigenvalue weighted by atomic mass is 35.5. The van der Waals surface area contributed by atoms with Gasteiger partial charge in [0.1, 0.15) is 21.2 Å². The summed E-state index contributed by atoms with van der Waals surface area (Å²) >= 11 is 6.54. The van der Waals surface area contributed by atoms with Crippen LogP contribution >= 0.6 is 11.6 Å². The van der Waals surface area contributed by atoms with Crippen molar-refractivity contribution in [3.63, 3.8) is 0 Å². The summed E-state index contributed by atoms with van der Waals surface area (Å²) in [7, 11) is 1.01. The molecule has 0 spiro atoms. The molecule has 8 rings (SSSR count). The first-order valence-corrected chi connectivity index (χ1v) is 24.4. The summed E-state index contributed by atoms with van der Waals surface area (Å²) in [6.45, 7) is 10.1. The Morgan fingerprint density at radius 3 is 2.68 bits per heavy atom. The van der Waals surface area contributed by atoms with Gasteiger partial charge in [-0.2, -0.15) is 0 Å². The molecule has 3 aromatic rings. The molecule has 0 radical (unpaired) electrons. The van der Waals surface area contributed by atoms with Gasteiger partial charge in [0.2, 0.25) is 5.88 Å². The number of nitrogens with one attached hydrogen (secondary N) is 1. The SMILES string of the molecule is COc1nn(C)cc1C(=O)N[S@@]1(=O)=NC(=O)c2ccc3c(c2)N(Cc2ccc(Cl)cc2CCCCO3)C[C@@H]2CC[C@H]2[C@@H](OC)/C=C/[C@H](OCCN2CCN3CCOC[C@@H]3C2)[C@H](C)C1. The largest absolute Gasteiger partial charge is 0.491 e. The number of morpholine rings is 1. The molecule has 3 fully saturated rings. The van der Waals surface area contributed by atoms with E-state index in [9.17, 15) is 9.59 Å². The summed E-state index contributed by atoms with van der Waals surface area (Å²) in [5, 5.41) is 4.91. The summed E-state index contributed by atoms with van der Waals surface area (Å²) in [5.41, 5.74) is 3.38. The number of anilines is 1. The topological polar surface area (TPSA) is 149 Å². The molecule has 5 heterocycles. The van der Waals surface area contributed by atoms with Crippen LogP contribution in [0.1, 0.15) is 64.4 Å². The Balaban J connectivity index is 1.16. The number of amides is 2. The molecule has 15 nitrogen and oxygen atoms in total. The third-order valence-corrected chi connectivity index (χ3v) is 15.5. The fraction of sp³-hybridized carbons (Fsp3) is 0.587. The van der Waals surface area contributed by atoms with E-state index in [2.05, 4.69) is 47.1 Å². The van der Waals surface area contributed by atoms with Crippen molar-refractivity contribution in [3.8, 4) is 11.6 Å². The zero-order valence-corrected chi connectivity index (χ0v) is 38.5. The predicted molar refractivity (Wildman–Crippen MR) is 242 cm³/mol. The van der Waals surface area contributed by atoms with E-state index in [1.807, 2.05) is 25.1 Å². The fourth-order valence-corrected chi connectivity index (χ4v) is 11.7. The van der Waals surface area contributed by atoms with Gasteiger partial charge in [0.25, 0.3) is 11.8 Å². The molecule has 2 aromatic carbocycles. The van der Waals surface area contributed by atoms with Crippen LogP contribution in [-0.2, 0) is 44.1 Å². The summed E-state index contributed by atoms with van der Waals surface area (Å²) < 4.78 is 54.3. The maximum absolute atomic E-state index is 15.3. The van der Waals surface area contributed by atoms with Gasteiger partial charge in [-0.3, -0.25) is 28.8 Å². The molecule has 17 heteroatoms. The highest BCUT2D eigenvalue weighted by Gasteiger charge is 2.39. The van der Waals surface area contributed by atoms with E-state index in [0.29, 0.717) is 49.7 Å². The maximum Gasteiger partial charge on any atom is 0.286 e. The normalized spacial score (nSPS) is 29.0. The minimum atomic E-state index is -3.80. The van der Waals surface area contributed by atoms with E-state index in [4.69, 9.17) is 35.3 Å². The van der Waals surface area contributed by atoms with Crippen LogP contribution in [0.3, 0.4) is 0 Å². The molecule has 4 aliphatic heterocycles. The molecule has 2 bridgehead atoms. The van der Waals surface area contributed by atoms with E-state index in [1.54, 1.807) is 26.3 Å². The number of hydrogen-bond acceptors (Lipinski definition) is 12. The molecular formula is C46H62ClN7O8S. The first kappa shape index (κ1) is 45.5. The molecule has 7 atom stereocenters. The third-order valence-electron chi connectivity index (χ3n) is 13.3. The standard InChI is InChI=1S/C46H62ClN7O8S/c1-31-30-63(57,50-45(56)39-28-51(2)48-46(39)59-4)49-44(55)33-10-13-43-40(24-33)54(25-34-8-11-36(47)23-32(34)7-5-6-20-61-43)26-35-9-12-38(35)42(58-3)15-14-41(31)62-22-18-52-16-17-53-19-21-60-29-37(53)27-52/h8,10-11,13-15,23-24,28,31,35,37-38,41-42H,5-7,9,12,16-22,25-27,29-30H2,1-4H3,(H,49,50,55,56,57)/b15-14+/t31-,35+,37+,38-,41+,42+,63+/m1/s1.